The quantitative estimate of drug-likeness (QED) is 0.473. The van der Waals surface area contributed by atoms with E-state index < -0.39 is 0 Å². The minimum atomic E-state index is -0.0115. The fourth-order valence-corrected chi connectivity index (χ4v) is 5.51. The molecule has 1 unspecified atom stereocenters. The Morgan fingerprint density at radius 3 is 2.84 bits per heavy atom. The number of carbonyl (C=O) groups is 1. The molecule has 1 aromatic heterocycles. The zero-order valence-electron chi connectivity index (χ0n) is 19.3. The topological polar surface area (TPSA) is 50.8 Å². The molecule has 2 atom stereocenters. The first-order valence-corrected chi connectivity index (χ1v) is 11.9. The number of nitrogens with one attached hydrogen (secondary N) is 2. The lowest BCUT2D eigenvalue weighted by molar-refractivity contribution is -0.929. The average Bonchev–Trinajstić information content (AvgIpc) is 3.10. The highest BCUT2D eigenvalue weighted by atomic mass is 16.2. The predicted octanol–water partition coefficient (Wildman–Crippen LogP) is 3.50. The third kappa shape index (κ3) is 3.86. The van der Waals surface area contributed by atoms with Crippen LogP contribution in [0.3, 0.4) is 0 Å². The van der Waals surface area contributed by atoms with E-state index in [-0.39, 0.29) is 5.91 Å². The molecule has 1 aliphatic carbocycles. The molecule has 32 heavy (non-hydrogen) atoms. The van der Waals surface area contributed by atoms with E-state index in [0.717, 1.165) is 31.5 Å². The molecule has 5 rings (SSSR count). The van der Waals surface area contributed by atoms with E-state index in [1.807, 2.05) is 12.1 Å². The van der Waals surface area contributed by atoms with Gasteiger partial charge < -0.3 is 9.47 Å². The summed E-state index contributed by atoms with van der Waals surface area (Å²) in [6.45, 7) is 8.95. The van der Waals surface area contributed by atoms with Crippen molar-refractivity contribution in [2.75, 3.05) is 13.1 Å². The molecular weight excluding hydrogens is 396 g/mol. The van der Waals surface area contributed by atoms with Crippen molar-refractivity contribution in [3.63, 3.8) is 0 Å². The van der Waals surface area contributed by atoms with Crippen LogP contribution in [-0.2, 0) is 17.8 Å². The number of fused-ring (bicyclic) bond motifs is 3. The molecule has 5 nitrogen and oxygen atoms in total. The number of rotatable bonds is 5. The summed E-state index contributed by atoms with van der Waals surface area (Å²) in [5, 5.41) is 5.63. The standard InChI is InChI=1S/C27H32N4O/c1-18(2)21-10-8-20(9-11-21)16-28-29-26(32)17-30-13-14-31-24-12-7-19(3)15-23(24)22-5-4-6-25(30)27(22)31/h7-12,15-16,18,25H,4-6,13-14,17H2,1-3H3,(H,29,32)/p+1/b28-16-/t25-/m0/s1. The molecule has 0 spiro atoms. The highest BCUT2D eigenvalue weighted by molar-refractivity contribution is 5.87. The summed E-state index contributed by atoms with van der Waals surface area (Å²) in [7, 11) is 0. The molecule has 2 N–H and O–H groups in total. The predicted molar refractivity (Wildman–Crippen MR) is 129 cm³/mol. The number of aromatic nitrogens is 1. The summed E-state index contributed by atoms with van der Waals surface area (Å²) in [6, 6.07) is 15.6. The molecule has 3 aromatic rings. The van der Waals surface area contributed by atoms with Gasteiger partial charge in [0, 0.05) is 17.3 Å². The first kappa shape index (κ1) is 21.0. The Morgan fingerprint density at radius 1 is 1.25 bits per heavy atom. The molecule has 2 heterocycles. The lowest BCUT2D eigenvalue weighted by Crippen LogP contribution is -3.14. The second-order valence-electron chi connectivity index (χ2n) is 9.68. The van der Waals surface area contributed by atoms with E-state index in [9.17, 15) is 4.79 Å². The Hall–Kier alpha value is -2.92. The van der Waals surface area contributed by atoms with E-state index in [2.05, 4.69) is 66.2 Å². The summed E-state index contributed by atoms with van der Waals surface area (Å²) < 4.78 is 2.52. The van der Waals surface area contributed by atoms with E-state index >= 15 is 0 Å². The van der Waals surface area contributed by atoms with Crippen molar-refractivity contribution < 1.29 is 9.69 Å². The number of benzene rings is 2. The maximum Gasteiger partial charge on any atom is 0.295 e. The minimum Gasteiger partial charge on any atom is -0.334 e. The van der Waals surface area contributed by atoms with Crippen molar-refractivity contribution in [1.82, 2.24) is 9.99 Å². The number of hydrogen-bond acceptors (Lipinski definition) is 2. The van der Waals surface area contributed by atoms with Crippen LogP contribution in [0.5, 0.6) is 0 Å². The zero-order valence-corrected chi connectivity index (χ0v) is 19.3. The summed E-state index contributed by atoms with van der Waals surface area (Å²) >= 11 is 0. The monoisotopic (exact) mass is 429 g/mol. The highest BCUT2D eigenvalue weighted by Gasteiger charge is 2.38. The Morgan fingerprint density at radius 2 is 2.06 bits per heavy atom. The van der Waals surface area contributed by atoms with Gasteiger partial charge in [-0.25, -0.2) is 5.43 Å². The molecule has 0 saturated carbocycles. The number of hydrazone groups is 1. The SMILES string of the molecule is Cc1ccc2c(c1)c1c3n2CC[NH+](CC(=O)N/N=C\c2ccc(C(C)C)cc2)[C@H]3CCC1. The van der Waals surface area contributed by atoms with Crippen LogP contribution in [0.2, 0.25) is 0 Å². The minimum absolute atomic E-state index is 0.0115. The van der Waals surface area contributed by atoms with E-state index in [1.165, 1.54) is 44.6 Å². The highest BCUT2D eigenvalue weighted by Crippen LogP contribution is 2.37. The Balaban J connectivity index is 1.28. The lowest BCUT2D eigenvalue weighted by Gasteiger charge is -2.36. The molecule has 0 radical (unpaired) electrons. The lowest BCUT2D eigenvalue weighted by atomic mass is 9.89. The molecular formula is C27H33N4O+. The van der Waals surface area contributed by atoms with Crippen LogP contribution in [0.1, 0.15) is 66.6 Å². The van der Waals surface area contributed by atoms with Crippen molar-refractivity contribution in [3.8, 4) is 0 Å². The van der Waals surface area contributed by atoms with Gasteiger partial charge in [-0.2, -0.15) is 5.10 Å². The van der Waals surface area contributed by atoms with E-state index in [4.69, 9.17) is 0 Å². The van der Waals surface area contributed by atoms with Gasteiger partial charge in [-0.05, 0) is 54.5 Å². The molecule has 166 valence electrons. The number of hydrogen-bond donors (Lipinski definition) is 2. The molecule has 0 saturated heterocycles. The third-order valence-electron chi connectivity index (χ3n) is 7.16. The number of carbonyl (C=O) groups excluding carboxylic acids is 1. The number of aryl methyl sites for hydroxylation is 2. The van der Waals surface area contributed by atoms with Gasteiger partial charge in [0.1, 0.15) is 6.04 Å². The van der Waals surface area contributed by atoms with Gasteiger partial charge in [0.05, 0.1) is 25.0 Å². The molecule has 0 fully saturated rings. The number of quaternary nitrogens is 1. The van der Waals surface area contributed by atoms with Crippen LogP contribution in [0.25, 0.3) is 10.9 Å². The van der Waals surface area contributed by atoms with Crippen LogP contribution in [0.4, 0.5) is 0 Å². The van der Waals surface area contributed by atoms with Crippen LogP contribution >= 0.6 is 0 Å². The van der Waals surface area contributed by atoms with E-state index in [1.54, 1.807) is 6.21 Å². The van der Waals surface area contributed by atoms with E-state index in [0.29, 0.717) is 18.5 Å². The van der Waals surface area contributed by atoms with Gasteiger partial charge in [-0.3, -0.25) is 4.79 Å². The first-order chi connectivity index (χ1) is 15.5. The van der Waals surface area contributed by atoms with Crippen LogP contribution in [0.15, 0.2) is 47.6 Å². The fourth-order valence-electron chi connectivity index (χ4n) is 5.51. The summed E-state index contributed by atoms with van der Waals surface area (Å²) in [5.41, 5.74) is 10.7. The van der Waals surface area contributed by atoms with Crippen molar-refractivity contribution >= 4 is 23.0 Å². The second kappa shape index (κ2) is 8.55. The molecule has 2 aromatic carbocycles. The first-order valence-electron chi connectivity index (χ1n) is 11.9. The van der Waals surface area contributed by atoms with Crippen LogP contribution in [-0.4, -0.2) is 29.8 Å². The van der Waals surface area contributed by atoms with Crippen LogP contribution < -0.4 is 10.3 Å². The Labute approximate surface area is 190 Å². The number of amides is 1. The maximum atomic E-state index is 12.7. The van der Waals surface area contributed by atoms with Crippen molar-refractivity contribution in [1.29, 1.82) is 0 Å². The Kier molecular flexibility index (Phi) is 5.60. The maximum absolute atomic E-state index is 12.7. The molecule has 1 amide bonds. The Bertz CT molecular complexity index is 1170. The average molecular weight is 430 g/mol. The molecule has 0 bridgehead atoms. The summed E-state index contributed by atoms with van der Waals surface area (Å²) in [6.07, 6.45) is 5.22. The largest absolute Gasteiger partial charge is 0.334 e. The molecule has 1 aliphatic heterocycles. The summed E-state index contributed by atoms with van der Waals surface area (Å²) in [5.74, 6) is 0.499. The smallest absolute Gasteiger partial charge is 0.295 e. The van der Waals surface area contributed by atoms with Gasteiger partial charge in [0.15, 0.2) is 6.54 Å². The van der Waals surface area contributed by atoms with Gasteiger partial charge >= 0.3 is 0 Å². The van der Waals surface area contributed by atoms with Crippen molar-refractivity contribution in [2.45, 2.75) is 58.5 Å². The number of nitrogens with zero attached hydrogens (tertiary/aromatic N) is 2. The van der Waals surface area contributed by atoms with Crippen LogP contribution in [0, 0.1) is 6.92 Å². The van der Waals surface area contributed by atoms with Gasteiger partial charge in [0.25, 0.3) is 5.91 Å². The summed E-state index contributed by atoms with van der Waals surface area (Å²) in [4.78, 5) is 14.1. The molecule has 2 aliphatic rings. The zero-order chi connectivity index (χ0) is 22.2. The third-order valence-corrected chi connectivity index (χ3v) is 7.16. The fraction of sp³-hybridized carbons (Fsp3) is 0.407. The van der Waals surface area contributed by atoms with Crippen molar-refractivity contribution in [2.24, 2.45) is 5.10 Å². The van der Waals surface area contributed by atoms with Gasteiger partial charge in [-0.15, -0.1) is 0 Å². The van der Waals surface area contributed by atoms with Gasteiger partial charge in [-0.1, -0.05) is 49.7 Å². The second-order valence-corrected chi connectivity index (χ2v) is 9.68. The normalized spacial score (nSPS) is 20.1. The molecule has 5 heteroatoms. The van der Waals surface area contributed by atoms with Crippen molar-refractivity contribution in [3.05, 3.63) is 70.4 Å². The van der Waals surface area contributed by atoms with Gasteiger partial charge in [0.2, 0.25) is 0 Å².